The summed E-state index contributed by atoms with van der Waals surface area (Å²) in [5, 5.41) is 3.49. The van der Waals surface area contributed by atoms with Crippen LogP contribution in [0, 0.1) is 0 Å². The Kier molecular flexibility index (Phi) is 4.22. The number of amides is 1. The minimum atomic E-state index is -0.0754. The van der Waals surface area contributed by atoms with Crippen LogP contribution in [0.4, 0.5) is 5.82 Å². The third-order valence-electron chi connectivity index (χ3n) is 2.69. The van der Waals surface area contributed by atoms with Crippen molar-refractivity contribution in [3.8, 4) is 0 Å². The number of hydrazine groups is 1. The summed E-state index contributed by atoms with van der Waals surface area (Å²) in [6.07, 6.45) is 3.97. The number of hydrogen-bond donors (Lipinski definition) is 3. The number of nitrogens with zero attached hydrogens (tertiary/aromatic N) is 1. The van der Waals surface area contributed by atoms with Gasteiger partial charge in [0.05, 0.1) is 5.56 Å². The van der Waals surface area contributed by atoms with Gasteiger partial charge in [-0.25, -0.2) is 10.8 Å². The maximum Gasteiger partial charge on any atom is 0.252 e. The molecule has 0 saturated carbocycles. The highest BCUT2D eigenvalue weighted by atomic mass is 32.2. The van der Waals surface area contributed by atoms with Crippen LogP contribution in [0.5, 0.6) is 0 Å². The largest absolute Gasteiger partial charge is 0.351 e. The first-order valence-electron chi connectivity index (χ1n) is 5.62. The molecule has 92 valence electrons. The molecular weight excluding hydrogens is 236 g/mol. The molecule has 0 aliphatic carbocycles. The number of nitrogens with one attached hydrogen (secondary N) is 2. The third-order valence-corrected chi connectivity index (χ3v) is 4.09. The molecule has 1 fully saturated rings. The summed E-state index contributed by atoms with van der Waals surface area (Å²) < 4.78 is 0. The number of carbonyl (C=O) groups excluding carboxylic acids is 1. The second-order valence-electron chi connectivity index (χ2n) is 3.92. The van der Waals surface area contributed by atoms with E-state index in [-0.39, 0.29) is 5.91 Å². The number of hydrogen-bond acceptors (Lipinski definition) is 5. The Bertz CT molecular complexity index is 376. The van der Waals surface area contributed by atoms with Crippen LogP contribution in [0.25, 0.3) is 0 Å². The zero-order valence-electron chi connectivity index (χ0n) is 9.48. The van der Waals surface area contributed by atoms with E-state index in [1.54, 1.807) is 12.1 Å². The number of thioether (sulfide) groups is 1. The number of aromatic nitrogens is 1. The van der Waals surface area contributed by atoms with Crippen LogP contribution < -0.4 is 16.6 Å². The summed E-state index contributed by atoms with van der Waals surface area (Å²) in [6, 6.07) is 3.39. The Morgan fingerprint density at radius 3 is 3.06 bits per heavy atom. The van der Waals surface area contributed by atoms with Crippen LogP contribution in [0.2, 0.25) is 0 Å². The van der Waals surface area contributed by atoms with E-state index in [4.69, 9.17) is 5.84 Å². The molecule has 1 atom stereocenters. The maximum absolute atomic E-state index is 11.8. The normalized spacial score (nSPS) is 19.0. The van der Waals surface area contributed by atoms with E-state index in [2.05, 4.69) is 15.7 Å². The second-order valence-corrected chi connectivity index (χ2v) is 5.33. The number of carbonyl (C=O) groups is 1. The van der Waals surface area contributed by atoms with Crippen molar-refractivity contribution >= 4 is 23.5 Å². The monoisotopic (exact) mass is 252 g/mol. The SMILES string of the molecule is NNc1ccc(C(=O)NCC2CCCS2)cn1. The molecule has 0 radical (unpaired) electrons. The lowest BCUT2D eigenvalue weighted by Gasteiger charge is -2.10. The Balaban J connectivity index is 1.85. The van der Waals surface area contributed by atoms with Crippen molar-refractivity contribution in [1.29, 1.82) is 0 Å². The molecule has 1 aliphatic heterocycles. The van der Waals surface area contributed by atoms with Crippen molar-refractivity contribution in [3.63, 3.8) is 0 Å². The molecule has 1 aliphatic rings. The fourth-order valence-electron chi connectivity index (χ4n) is 1.73. The summed E-state index contributed by atoms with van der Waals surface area (Å²) in [4.78, 5) is 15.8. The average molecular weight is 252 g/mol. The molecule has 0 spiro atoms. The molecule has 0 bridgehead atoms. The zero-order valence-corrected chi connectivity index (χ0v) is 10.3. The summed E-state index contributed by atoms with van der Waals surface area (Å²) in [5.74, 6) is 6.88. The van der Waals surface area contributed by atoms with Crippen LogP contribution >= 0.6 is 11.8 Å². The Hall–Kier alpha value is -1.27. The van der Waals surface area contributed by atoms with Gasteiger partial charge < -0.3 is 10.7 Å². The first-order chi connectivity index (χ1) is 8.29. The fraction of sp³-hybridized carbons (Fsp3) is 0.455. The predicted molar refractivity (Wildman–Crippen MR) is 69.9 cm³/mol. The van der Waals surface area contributed by atoms with E-state index in [1.807, 2.05) is 11.8 Å². The van der Waals surface area contributed by atoms with Crippen LogP contribution in [0.3, 0.4) is 0 Å². The topological polar surface area (TPSA) is 80.0 Å². The van der Waals surface area contributed by atoms with Gasteiger partial charge in [-0.15, -0.1) is 0 Å². The first kappa shape index (κ1) is 12.2. The molecule has 1 amide bonds. The smallest absolute Gasteiger partial charge is 0.252 e. The first-order valence-corrected chi connectivity index (χ1v) is 6.67. The predicted octanol–water partition coefficient (Wildman–Crippen LogP) is 0.993. The molecule has 1 unspecified atom stereocenters. The molecular formula is C11H16N4OS. The lowest BCUT2D eigenvalue weighted by Crippen LogP contribution is -2.29. The van der Waals surface area contributed by atoms with Gasteiger partial charge in [0.2, 0.25) is 0 Å². The molecule has 4 N–H and O–H groups in total. The van der Waals surface area contributed by atoms with E-state index >= 15 is 0 Å². The summed E-state index contributed by atoms with van der Waals surface area (Å²) in [6.45, 7) is 0.736. The van der Waals surface area contributed by atoms with Gasteiger partial charge in [-0.1, -0.05) is 0 Å². The minimum absolute atomic E-state index is 0.0754. The zero-order chi connectivity index (χ0) is 12.1. The van der Waals surface area contributed by atoms with Crippen LogP contribution in [-0.4, -0.2) is 28.4 Å². The van der Waals surface area contributed by atoms with E-state index in [1.165, 1.54) is 24.8 Å². The van der Waals surface area contributed by atoms with Gasteiger partial charge in [0, 0.05) is 18.0 Å². The van der Waals surface area contributed by atoms with E-state index in [0.29, 0.717) is 16.6 Å². The van der Waals surface area contributed by atoms with Crippen molar-refractivity contribution in [2.24, 2.45) is 5.84 Å². The van der Waals surface area contributed by atoms with Gasteiger partial charge >= 0.3 is 0 Å². The Morgan fingerprint density at radius 1 is 1.59 bits per heavy atom. The molecule has 6 heteroatoms. The van der Waals surface area contributed by atoms with Crippen molar-refractivity contribution < 1.29 is 4.79 Å². The minimum Gasteiger partial charge on any atom is -0.351 e. The number of pyridine rings is 1. The number of rotatable bonds is 4. The highest BCUT2D eigenvalue weighted by Crippen LogP contribution is 2.25. The van der Waals surface area contributed by atoms with Gasteiger partial charge in [0.25, 0.3) is 5.91 Å². The average Bonchev–Trinajstić information content (AvgIpc) is 2.89. The van der Waals surface area contributed by atoms with E-state index in [0.717, 1.165) is 6.54 Å². The standard InChI is InChI=1S/C11H16N4OS/c12-15-10-4-3-8(6-13-10)11(16)14-7-9-2-1-5-17-9/h3-4,6,9H,1-2,5,7,12H2,(H,13,15)(H,14,16). The maximum atomic E-state index is 11.8. The molecule has 0 aromatic carbocycles. The number of anilines is 1. The molecule has 17 heavy (non-hydrogen) atoms. The van der Waals surface area contributed by atoms with Crippen molar-refractivity contribution in [2.75, 3.05) is 17.7 Å². The van der Waals surface area contributed by atoms with E-state index in [9.17, 15) is 4.79 Å². The van der Waals surface area contributed by atoms with Crippen molar-refractivity contribution in [3.05, 3.63) is 23.9 Å². The van der Waals surface area contributed by atoms with E-state index < -0.39 is 0 Å². The van der Waals surface area contributed by atoms with Gasteiger partial charge in [-0.2, -0.15) is 11.8 Å². The number of nitrogens with two attached hydrogens (primary N) is 1. The second kappa shape index (κ2) is 5.88. The van der Waals surface area contributed by atoms with Crippen molar-refractivity contribution in [1.82, 2.24) is 10.3 Å². The highest BCUT2D eigenvalue weighted by molar-refractivity contribution is 8.00. The quantitative estimate of drug-likeness (QED) is 0.550. The van der Waals surface area contributed by atoms with Crippen LogP contribution in [-0.2, 0) is 0 Å². The molecule has 5 nitrogen and oxygen atoms in total. The van der Waals surface area contributed by atoms with Crippen LogP contribution in [0.15, 0.2) is 18.3 Å². The van der Waals surface area contributed by atoms with Gasteiger partial charge in [-0.05, 0) is 30.7 Å². The summed E-state index contributed by atoms with van der Waals surface area (Å²) in [7, 11) is 0. The third kappa shape index (κ3) is 3.34. The van der Waals surface area contributed by atoms with Crippen molar-refractivity contribution in [2.45, 2.75) is 18.1 Å². The molecule has 1 aromatic rings. The van der Waals surface area contributed by atoms with Gasteiger partial charge in [-0.3, -0.25) is 4.79 Å². The molecule has 2 heterocycles. The Labute approximate surface area is 105 Å². The highest BCUT2D eigenvalue weighted by Gasteiger charge is 2.16. The summed E-state index contributed by atoms with van der Waals surface area (Å²) >= 11 is 1.93. The van der Waals surface area contributed by atoms with Gasteiger partial charge in [0.1, 0.15) is 5.82 Å². The fourth-order valence-corrected chi connectivity index (χ4v) is 2.93. The van der Waals surface area contributed by atoms with Crippen LogP contribution in [0.1, 0.15) is 23.2 Å². The Morgan fingerprint density at radius 2 is 2.47 bits per heavy atom. The molecule has 1 aromatic heterocycles. The van der Waals surface area contributed by atoms with Gasteiger partial charge in [0.15, 0.2) is 0 Å². The summed E-state index contributed by atoms with van der Waals surface area (Å²) in [5.41, 5.74) is 2.99. The lowest BCUT2D eigenvalue weighted by atomic mass is 10.2. The number of nitrogen functional groups attached to an aromatic ring is 1. The molecule has 2 rings (SSSR count). The molecule has 1 saturated heterocycles. The lowest BCUT2D eigenvalue weighted by molar-refractivity contribution is 0.0953.